The van der Waals surface area contributed by atoms with E-state index in [9.17, 15) is 4.79 Å². The third kappa shape index (κ3) is 1.17. The zero-order valence-corrected chi connectivity index (χ0v) is 6.60. The first-order valence-corrected chi connectivity index (χ1v) is 4.32. The number of rotatable bonds is 0. The number of hydrogen-bond donors (Lipinski definition) is 1. The molecule has 1 heterocycles. The van der Waals surface area contributed by atoms with Gasteiger partial charge in [0, 0.05) is 6.08 Å². The summed E-state index contributed by atoms with van der Waals surface area (Å²) < 4.78 is 0. The second-order valence-electron chi connectivity index (χ2n) is 3.54. The van der Waals surface area contributed by atoms with Crippen molar-refractivity contribution in [3.05, 3.63) is 12.2 Å². The maximum absolute atomic E-state index is 10.9. The van der Waals surface area contributed by atoms with Gasteiger partial charge in [-0.3, -0.25) is 4.79 Å². The Morgan fingerprint density at radius 2 is 2.00 bits per heavy atom. The van der Waals surface area contributed by atoms with Gasteiger partial charge in [0.1, 0.15) is 0 Å². The van der Waals surface area contributed by atoms with Crippen molar-refractivity contribution >= 4 is 5.91 Å². The highest BCUT2D eigenvalue weighted by Gasteiger charge is 2.33. The second kappa shape index (κ2) is 2.36. The minimum atomic E-state index is 0.0648. The molecule has 11 heavy (non-hydrogen) atoms. The first kappa shape index (κ1) is 6.89. The van der Waals surface area contributed by atoms with Crippen LogP contribution in [0.4, 0.5) is 0 Å². The average molecular weight is 151 g/mol. The van der Waals surface area contributed by atoms with Gasteiger partial charge in [-0.25, -0.2) is 0 Å². The summed E-state index contributed by atoms with van der Waals surface area (Å²) in [6.07, 6.45) is 9.82. The maximum atomic E-state index is 10.9. The first-order chi connectivity index (χ1) is 5.31. The molecular weight excluding hydrogens is 138 g/mol. The summed E-state index contributed by atoms with van der Waals surface area (Å²) in [5.41, 5.74) is 0.0648. The molecule has 0 aromatic rings. The van der Waals surface area contributed by atoms with Crippen LogP contribution >= 0.6 is 0 Å². The van der Waals surface area contributed by atoms with Crippen LogP contribution in [0.1, 0.15) is 32.1 Å². The van der Waals surface area contributed by atoms with E-state index in [-0.39, 0.29) is 11.4 Å². The van der Waals surface area contributed by atoms with E-state index in [1.54, 1.807) is 6.08 Å². The molecule has 2 aliphatic rings. The lowest BCUT2D eigenvalue weighted by Gasteiger charge is -2.31. The van der Waals surface area contributed by atoms with Crippen molar-refractivity contribution in [3.8, 4) is 0 Å². The standard InChI is InChI=1S/C9H13NO/c11-8-4-7-9(10-8)5-2-1-3-6-9/h4,7H,1-3,5-6H2,(H,10,11). The van der Waals surface area contributed by atoms with Crippen LogP contribution in [0.5, 0.6) is 0 Å². The van der Waals surface area contributed by atoms with Crippen LogP contribution in [0.2, 0.25) is 0 Å². The fourth-order valence-corrected chi connectivity index (χ4v) is 2.04. The largest absolute Gasteiger partial charge is 0.344 e. The summed E-state index contributed by atoms with van der Waals surface area (Å²) in [6.45, 7) is 0. The van der Waals surface area contributed by atoms with Crippen LogP contribution < -0.4 is 5.32 Å². The van der Waals surface area contributed by atoms with E-state index < -0.39 is 0 Å². The molecule has 0 saturated heterocycles. The van der Waals surface area contributed by atoms with Crippen LogP contribution in [0.15, 0.2) is 12.2 Å². The van der Waals surface area contributed by atoms with Gasteiger partial charge in [-0.2, -0.15) is 0 Å². The Hall–Kier alpha value is -0.790. The molecule has 2 heteroatoms. The van der Waals surface area contributed by atoms with Gasteiger partial charge in [-0.1, -0.05) is 25.3 Å². The lowest BCUT2D eigenvalue weighted by molar-refractivity contribution is -0.117. The number of nitrogens with one attached hydrogen (secondary N) is 1. The minimum Gasteiger partial charge on any atom is -0.344 e. The predicted octanol–water partition coefficient (Wildman–Crippen LogP) is 1.38. The summed E-state index contributed by atoms with van der Waals surface area (Å²) in [5.74, 6) is 0.0897. The van der Waals surface area contributed by atoms with Crippen molar-refractivity contribution < 1.29 is 4.79 Å². The molecule has 0 aromatic heterocycles. The third-order valence-corrected chi connectivity index (χ3v) is 2.67. The molecular formula is C9H13NO. The molecule has 0 bridgehead atoms. The van der Waals surface area contributed by atoms with Crippen molar-refractivity contribution in [3.63, 3.8) is 0 Å². The molecule has 1 amide bonds. The molecule has 1 fully saturated rings. The second-order valence-corrected chi connectivity index (χ2v) is 3.54. The maximum Gasteiger partial charge on any atom is 0.244 e. The Morgan fingerprint density at radius 3 is 2.55 bits per heavy atom. The number of carbonyl (C=O) groups excluding carboxylic acids is 1. The van der Waals surface area contributed by atoms with Gasteiger partial charge in [0.25, 0.3) is 0 Å². The van der Waals surface area contributed by atoms with Gasteiger partial charge in [0.15, 0.2) is 0 Å². The van der Waals surface area contributed by atoms with Crippen LogP contribution in [-0.4, -0.2) is 11.4 Å². The van der Waals surface area contributed by atoms with E-state index in [0.29, 0.717) is 0 Å². The molecule has 2 nitrogen and oxygen atoms in total. The van der Waals surface area contributed by atoms with Crippen molar-refractivity contribution in [1.82, 2.24) is 5.32 Å². The topological polar surface area (TPSA) is 29.1 Å². The molecule has 1 spiro atoms. The van der Waals surface area contributed by atoms with E-state index in [0.717, 1.165) is 12.8 Å². The van der Waals surface area contributed by atoms with Crippen LogP contribution in [0, 0.1) is 0 Å². The minimum absolute atomic E-state index is 0.0648. The highest BCUT2D eigenvalue weighted by Crippen LogP contribution is 2.31. The third-order valence-electron chi connectivity index (χ3n) is 2.67. The molecule has 0 unspecified atom stereocenters. The Balaban J connectivity index is 2.10. The molecule has 1 saturated carbocycles. The molecule has 0 aromatic carbocycles. The van der Waals surface area contributed by atoms with E-state index in [4.69, 9.17) is 0 Å². The van der Waals surface area contributed by atoms with Gasteiger partial charge in [0.05, 0.1) is 5.54 Å². The lowest BCUT2D eigenvalue weighted by Crippen LogP contribution is -2.43. The van der Waals surface area contributed by atoms with Gasteiger partial charge >= 0.3 is 0 Å². The zero-order valence-electron chi connectivity index (χ0n) is 6.60. The fraction of sp³-hybridized carbons (Fsp3) is 0.667. The average Bonchev–Trinajstić information content (AvgIpc) is 2.34. The lowest BCUT2D eigenvalue weighted by atomic mass is 9.83. The highest BCUT2D eigenvalue weighted by molar-refractivity contribution is 5.91. The van der Waals surface area contributed by atoms with Crippen LogP contribution in [0.25, 0.3) is 0 Å². The van der Waals surface area contributed by atoms with Gasteiger partial charge in [0.2, 0.25) is 5.91 Å². The smallest absolute Gasteiger partial charge is 0.244 e. The monoisotopic (exact) mass is 151 g/mol. The van der Waals surface area contributed by atoms with Gasteiger partial charge < -0.3 is 5.32 Å². The van der Waals surface area contributed by atoms with E-state index >= 15 is 0 Å². The van der Waals surface area contributed by atoms with Gasteiger partial charge in [-0.15, -0.1) is 0 Å². The molecule has 0 radical (unpaired) electrons. The number of amides is 1. The fourth-order valence-electron chi connectivity index (χ4n) is 2.04. The van der Waals surface area contributed by atoms with Crippen LogP contribution in [0.3, 0.4) is 0 Å². The number of carbonyl (C=O) groups is 1. The molecule has 60 valence electrons. The van der Waals surface area contributed by atoms with Gasteiger partial charge in [-0.05, 0) is 12.8 Å². The van der Waals surface area contributed by atoms with E-state index in [1.165, 1.54) is 19.3 Å². The SMILES string of the molecule is O=C1C=CC2(CCCCC2)N1. The summed E-state index contributed by atoms with van der Waals surface area (Å²) in [7, 11) is 0. The highest BCUT2D eigenvalue weighted by atomic mass is 16.1. The number of hydrogen-bond acceptors (Lipinski definition) is 1. The quantitative estimate of drug-likeness (QED) is 0.556. The van der Waals surface area contributed by atoms with Crippen LogP contribution in [-0.2, 0) is 4.79 Å². The van der Waals surface area contributed by atoms with Crippen molar-refractivity contribution in [2.24, 2.45) is 0 Å². The Kier molecular flexibility index (Phi) is 1.48. The Bertz CT molecular complexity index is 202. The molecule has 2 rings (SSSR count). The Morgan fingerprint density at radius 1 is 1.27 bits per heavy atom. The van der Waals surface area contributed by atoms with Crippen molar-refractivity contribution in [2.75, 3.05) is 0 Å². The van der Waals surface area contributed by atoms with E-state index in [2.05, 4.69) is 11.4 Å². The van der Waals surface area contributed by atoms with Crippen molar-refractivity contribution in [2.45, 2.75) is 37.6 Å². The molecule has 1 aliphatic heterocycles. The normalized spacial score (nSPS) is 27.5. The molecule has 1 N–H and O–H groups in total. The Labute approximate surface area is 66.7 Å². The summed E-state index contributed by atoms with van der Waals surface area (Å²) in [4.78, 5) is 10.9. The summed E-state index contributed by atoms with van der Waals surface area (Å²) >= 11 is 0. The molecule has 0 atom stereocenters. The molecule has 1 aliphatic carbocycles. The zero-order chi connectivity index (χ0) is 7.73. The summed E-state index contributed by atoms with van der Waals surface area (Å²) in [6, 6.07) is 0. The van der Waals surface area contributed by atoms with E-state index in [1.807, 2.05) is 0 Å². The predicted molar refractivity (Wildman–Crippen MR) is 43.1 cm³/mol. The summed E-state index contributed by atoms with van der Waals surface area (Å²) in [5, 5.41) is 3.02. The first-order valence-electron chi connectivity index (χ1n) is 4.32. The van der Waals surface area contributed by atoms with Crippen molar-refractivity contribution in [1.29, 1.82) is 0 Å².